The van der Waals surface area contributed by atoms with Gasteiger partial charge in [-0.1, -0.05) is 6.42 Å². The summed E-state index contributed by atoms with van der Waals surface area (Å²) >= 11 is 0. The Morgan fingerprint density at radius 3 is 2.67 bits per heavy atom. The monoisotopic (exact) mass is 354 g/mol. The quantitative estimate of drug-likeness (QED) is 0.821. The number of carbonyl (C=O) groups excluding carboxylic acids is 1. The van der Waals surface area contributed by atoms with Crippen molar-refractivity contribution in [2.75, 3.05) is 17.3 Å². The van der Waals surface area contributed by atoms with Crippen molar-refractivity contribution in [3.05, 3.63) is 12.3 Å². The maximum absolute atomic E-state index is 12.5. The van der Waals surface area contributed by atoms with Gasteiger partial charge in [0, 0.05) is 30.5 Å². The topological polar surface area (TPSA) is 107 Å². The number of aryl methyl sites for hydroxylation is 1. The number of amides is 1. The Balaban J connectivity index is 1.56. The molecular formula is C16H26N4O3S. The zero-order chi connectivity index (χ0) is 17.3. The lowest BCUT2D eigenvalue weighted by Crippen LogP contribution is -2.48. The minimum Gasteiger partial charge on any atom is -0.327 e. The molecule has 134 valence electrons. The lowest BCUT2D eigenvalue weighted by molar-refractivity contribution is -0.122. The van der Waals surface area contributed by atoms with Gasteiger partial charge in [0.05, 0.1) is 12.3 Å². The van der Waals surface area contributed by atoms with Crippen LogP contribution in [0.25, 0.3) is 0 Å². The minimum absolute atomic E-state index is 0.00118. The van der Waals surface area contributed by atoms with Crippen LogP contribution in [0, 0.1) is 17.8 Å². The summed E-state index contributed by atoms with van der Waals surface area (Å²) in [5.74, 6) is 1.44. The molecule has 2 bridgehead atoms. The summed E-state index contributed by atoms with van der Waals surface area (Å²) in [6.45, 7) is 0.289. The summed E-state index contributed by atoms with van der Waals surface area (Å²) in [7, 11) is -3.03. The number of hydrogen-bond donors (Lipinski definition) is 2. The molecule has 1 heterocycles. The number of sulfone groups is 1. The molecule has 0 saturated heterocycles. The molecule has 0 aliphatic heterocycles. The summed E-state index contributed by atoms with van der Waals surface area (Å²) < 4.78 is 23.9. The van der Waals surface area contributed by atoms with Crippen LogP contribution in [0.4, 0.5) is 5.82 Å². The molecule has 1 aromatic heterocycles. The van der Waals surface area contributed by atoms with E-state index in [9.17, 15) is 13.2 Å². The van der Waals surface area contributed by atoms with E-state index in [1.165, 1.54) is 12.7 Å². The molecule has 3 rings (SSSR count). The van der Waals surface area contributed by atoms with Crippen LogP contribution in [0.1, 0.15) is 32.1 Å². The van der Waals surface area contributed by atoms with E-state index in [0.29, 0.717) is 17.7 Å². The van der Waals surface area contributed by atoms with Crippen LogP contribution in [0.2, 0.25) is 0 Å². The van der Waals surface area contributed by atoms with Crippen LogP contribution < -0.4 is 11.1 Å². The third kappa shape index (κ3) is 4.16. The summed E-state index contributed by atoms with van der Waals surface area (Å²) in [5.41, 5.74) is 6.27. The molecule has 0 spiro atoms. The maximum atomic E-state index is 12.5. The molecule has 2 aliphatic rings. The predicted octanol–water partition coefficient (Wildman–Crippen LogP) is 1.02. The average Bonchev–Trinajstić information content (AvgIpc) is 2.91. The number of rotatable bonds is 5. The number of aromatic nitrogens is 2. The van der Waals surface area contributed by atoms with Crippen molar-refractivity contribution in [3.63, 3.8) is 0 Å². The number of anilines is 1. The van der Waals surface area contributed by atoms with Gasteiger partial charge in [-0.3, -0.25) is 9.48 Å². The molecule has 0 aromatic carbocycles. The fraction of sp³-hybridized carbons (Fsp3) is 0.750. The van der Waals surface area contributed by atoms with Gasteiger partial charge in [-0.2, -0.15) is 5.10 Å². The normalized spacial score (nSPS) is 30.1. The van der Waals surface area contributed by atoms with Gasteiger partial charge in [0.2, 0.25) is 5.91 Å². The van der Waals surface area contributed by atoms with Crippen molar-refractivity contribution in [2.24, 2.45) is 23.5 Å². The van der Waals surface area contributed by atoms with E-state index in [0.717, 1.165) is 25.7 Å². The number of nitrogens with two attached hydrogens (primary N) is 1. The first kappa shape index (κ1) is 17.4. The first-order valence-electron chi connectivity index (χ1n) is 8.59. The van der Waals surface area contributed by atoms with E-state index < -0.39 is 9.84 Å². The van der Waals surface area contributed by atoms with Crippen molar-refractivity contribution in [2.45, 2.75) is 44.7 Å². The van der Waals surface area contributed by atoms with Crippen LogP contribution in [0.3, 0.4) is 0 Å². The summed E-state index contributed by atoms with van der Waals surface area (Å²) in [5, 5.41) is 7.10. The van der Waals surface area contributed by atoms with Gasteiger partial charge >= 0.3 is 0 Å². The Morgan fingerprint density at radius 2 is 2.04 bits per heavy atom. The predicted molar refractivity (Wildman–Crippen MR) is 92.1 cm³/mol. The Hall–Kier alpha value is -1.41. The van der Waals surface area contributed by atoms with Crippen molar-refractivity contribution in [1.29, 1.82) is 0 Å². The number of fused-ring (bicyclic) bond motifs is 2. The van der Waals surface area contributed by atoms with Crippen molar-refractivity contribution >= 4 is 21.6 Å². The zero-order valence-corrected chi connectivity index (χ0v) is 14.8. The third-order valence-corrected chi connectivity index (χ3v) is 6.29. The Bertz CT molecular complexity index is 686. The molecule has 1 aromatic rings. The van der Waals surface area contributed by atoms with Crippen LogP contribution >= 0.6 is 0 Å². The maximum Gasteiger partial charge on any atom is 0.228 e. The van der Waals surface area contributed by atoms with Crippen molar-refractivity contribution in [1.82, 2.24) is 9.78 Å². The fourth-order valence-electron chi connectivity index (χ4n) is 4.04. The Kier molecular flexibility index (Phi) is 4.96. The van der Waals surface area contributed by atoms with Gasteiger partial charge in [0.15, 0.2) is 5.82 Å². The minimum atomic E-state index is -3.03. The van der Waals surface area contributed by atoms with E-state index >= 15 is 0 Å². The average molecular weight is 354 g/mol. The highest BCUT2D eigenvalue weighted by Crippen LogP contribution is 2.42. The van der Waals surface area contributed by atoms with Crippen LogP contribution in [-0.4, -0.2) is 42.2 Å². The summed E-state index contributed by atoms with van der Waals surface area (Å²) in [6.07, 6.45) is 8.08. The smallest absolute Gasteiger partial charge is 0.228 e. The van der Waals surface area contributed by atoms with Gasteiger partial charge < -0.3 is 11.1 Å². The van der Waals surface area contributed by atoms with E-state index in [2.05, 4.69) is 10.4 Å². The number of hydrogen-bond acceptors (Lipinski definition) is 5. The van der Waals surface area contributed by atoms with E-state index in [4.69, 9.17) is 5.73 Å². The number of nitrogens with one attached hydrogen (secondary N) is 1. The fourth-order valence-corrected chi connectivity index (χ4v) is 4.56. The molecule has 1 amide bonds. The molecule has 8 heteroatoms. The lowest BCUT2D eigenvalue weighted by atomic mass is 9.65. The number of carbonyl (C=O) groups is 1. The lowest BCUT2D eigenvalue weighted by Gasteiger charge is -2.43. The van der Waals surface area contributed by atoms with Crippen molar-refractivity contribution < 1.29 is 13.2 Å². The molecule has 7 nitrogen and oxygen atoms in total. The van der Waals surface area contributed by atoms with Crippen molar-refractivity contribution in [3.8, 4) is 0 Å². The van der Waals surface area contributed by atoms with Crippen LogP contribution in [0.15, 0.2) is 12.3 Å². The SMILES string of the molecule is CS(=O)(=O)CCn1ccc(NC(=O)C2CC3CCCC(C2)C3N)n1. The second-order valence-corrected chi connectivity index (χ2v) is 9.54. The summed E-state index contributed by atoms with van der Waals surface area (Å²) in [6, 6.07) is 1.95. The van der Waals surface area contributed by atoms with Gasteiger partial charge in [0.25, 0.3) is 0 Å². The zero-order valence-electron chi connectivity index (χ0n) is 14.0. The second kappa shape index (κ2) is 6.84. The molecule has 24 heavy (non-hydrogen) atoms. The first-order valence-corrected chi connectivity index (χ1v) is 10.7. The largest absolute Gasteiger partial charge is 0.327 e. The van der Waals surface area contributed by atoms with Crippen LogP contribution in [0.5, 0.6) is 0 Å². The molecular weight excluding hydrogens is 328 g/mol. The van der Waals surface area contributed by atoms with Gasteiger partial charge in [0.1, 0.15) is 9.84 Å². The van der Waals surface area contributed by atoms with Gasteiger partial charge in [-0.15, -0.1) is 0 Å². The highest BCUT2D eigenvalue weighted by atomic mass is 32.2. The van der Waals surface area contributed by atoms with E-state index in [1.807, 2.05) is 0 Å². The highest BCUT2D eigenvalue weighted by molar-refractivity contribution is 7.90. The third-order valence-electron chi connectivity index (χ3n) is 5.37. The Morgan fingerprint density at radius 1 is 1.38 bits per heavy atom. The molecule has 3 N–H and O–H groups in total. The van der Waals surface area contributed by atoms with Crippen LogP contribution in [-0.2, 0) is 21.2 Å². The second-order valence-electron chi connectivity index (χ2n) is 7.28. The Labute approximate surface area is 142 Å². The van der Waals surface area contributed by atoms with Gasteiger partial charge in [-0.05, 0) is 37.5 Å². The van der Waals surface area contributed by atoms with E-state index in [-0.39, 0.29) is 30.2 Å². The molecule has 2 saturated carbocycles. The van der Waals surface area contributed by atoms with E-state index in [1.54, 1.807) is 16.9 Å². The summed E-state index contributed by atoms with van der Waals surface area (Å²) in [4.78, 5) is 12.5. The van der Waals surface area contributed by atoms with Gasteiger partial charge in [-0.25, -0.2) is 8.42 Å². The first-order chi connectivity index (χ1) is 11.3. The highest BCUT2D eigenvalue weighted by Gasteiger charge is 2.40. The molecule has 2 unspecified atom stereocenters. The molecule has 2 aliphatic carbocycles. The molecule has 2 fully saturated rings. The standard InChI is InChI=1S/C16H26N4O3S/c1-24(22,23)8-7-20-6-5-14(19-20)18-16(21)13-9-11-3-2-4-12(10-13)15(11)17/h5-6,11-13,15H,2-4,7-10,17H2,1H3,(H,18,19,21). The number of nitrogens with zero attached hydrogens (tertiary/aromatic N) is 2. The molecule has 0 radical (unpaired) electrons. The molecule has 2 atom stereocenters.